The van der Waals surface area contributed by atoms with Crippen LogP contribution in [0.3, 0.4) is 0 Å². The van der Waals surface area contributed by atoms with Gasteiger partial charge in [0.05, 0.1) is 12.1 Å². The lowest BCUT2D eigenvalue weighted by Gasteiger charge is -2.26. The highest BCUT2D eigenvalue weighted by molar-refractivity contribution is 5.40. The van der Waals surface area contributed by atoms with Crippen LogP contribution < -0.4 is 16.4 Å². The topological polar surface area (TPSA) is 36.1 Å². The van der Waals surface area contributed by atoms with Crippen LogP contribution in [0, 0.1) is 0 Å². The zero-order chi connectivity index (χ0) is 12.7. The predicted octanol–water partition coefficient (Wildman–Crippen LogP) is 2.18. The van der Waals surface area contributed by atoms with Crippen molar-refractivity contribution in [2.75, 3.05) is 0 Å². The molecule has 2 aromatic carbocycles. The van der Waals surface area contributed by atoms with Crippen molar-refractivity contribution in [3.63, 3.8) is 0 Å². The third kappa shape index (κ3) is 1.78. The Balaban J connectivity index is 1.87. The second-order valence-corrected chi connectivity index (χ2v) is 5.27. The monoisotopic (exact) mass is 251 g/mol. The molecule has 1 fully saturated rings. The predicted molar refractivity (Wildman–Crippen MR) is 75.2 cm³/mol. The average molecular weight is 251 g/mol. The summed E-state index contributed by atoms with van der Waals surface area (Å²) in [5.41, 5.74) is 15.5. The summed E-state index contributed by atoms with van der Waals surface area (Å²) in [6.07, 6.45) is 2.22. The first kappa shape index (κ1) is 11.2. The molecule has 3 nitrogen and oxygen atoms in total. The van der Waals surface area contributed by atoms with Crippen LogP contribution in [0.25, 0.3) is 0 Å². The number of aryl methyl sites for hydroxylation is 2. The van der Waals surface area contributed by atoms with Crippen LogP contribution in [-0.4, -0.2) is 0 Å². The van der Waals surface area contributed by atoms with Crippen LogP contribution >= 0.6 is 0 Å². The molecule has 2 aromatic rings. The summed E-state index contributed by atoms with van der Waals surface area (Å²) < 4.78 is 0. The van der Waals surface area contributed by atoms with Crippen molar-refractivity contribution in [3.8, 4) is 0 Å². The Morgan fingerprint density at radius 2 is 1.16 bits per heavy atom. The Labute approximate surface area is 113 Å². The van der Waals surface area contributed by atoms with E-state index in [4.69, 9.17) is 0 Å². The molecule has 4 rings (SSSR count). The minimum absolute atomic E-state index is 0.289. The summed E-state index contributed by atoms with van der Waals surface area (Å²) in [5.74, 6) is 0. The standard InChI is InChI=1S/C16H17N3/c1-3-7-13-11(5-1)9-10-12-6-2-4-8-14(12)16-15(13)17-19-18-16/h1-8,15-19H,9-10H2. The summed E-state index contributed by atoms with van der Waals surface area (Å²) in [6.45, 7) is 0. The molecule has 0 radical (unpaired) electrons. The van der Waals surface area contributed by atoms with Crippen LogP contribution in [0.1, 0.15) is 34.3 Å². The lowest BCUT2D eigenvalue weighted by Crippen LogP contribution is -2.31. The van der Waals surface area contributed by atoms with Crippen molar-refractivity contribution >= 4 is 0 Å². The molecule has 1 aliphatic heterocycles. The van der Waals surface area contributed by atoms with Gasteiger partial charge in [-0.15, -0.1) is 0 Å². The lowest BCUT2D eigenvalue weighted by molar-refractivity contribution is 0.538. The van der Waals surface area contributed by atoms with Crippen LogP contribution in [-0.2, 0) is 12.8 Å². The molecule has 2 unspecified atom stereocenters. The molecule has 1 heterocycles. The normalized spacial score (nSPS) is 24.8. The molecule has 1 saturated heterocycles. The highest BCUT2D eigenvalue weighted by Crippen LogP contribution is 2.36. The molecule has 2 aliphatic rings. The second kappa shape index (κ2) is 4.46. The van der Waals surface area contributed by atoms with Gasteiger partial charge in [0.2, 0.25) is 0 Å². The Morgan fingerprint density at radius 1 is 0.684 bits per heavy atom. The van der Waals surface area contributed by atoms with Gasteiger partial charge in [0.25, 0.3) is 0 Å². The van der Waals surface area contributed by atoms with Gasteiger partial charge in [-0.1, -0.05) is 48.5 Å². The van der Waals surface area contributed by atoms with E-state index in [1.807, 2.05) is 0 Å². The molecular formula is C16H17N3. The molecule has 1 aliphatic carbocycles. The molecule has 0 bridgehead atoms. The third-order valence-electron chi connectivity index (χ3n) is 4.23. The SMILES string of the molecule is c1ccc2c(c1)CCc1ccccc1C1NNNC21. The van der Waals surface area contributed by atoms with Gasteiger partial charge < -0.3 is 0 Å². The molecule has 0 saturated carbocycles. The van der Waals surface area contributed by atoms with Crippen molar-refractivity contribution < 1.29 is 0 Å². The summed E-state index contributed by atoms with van der Waals surface area (Å²) in [7, 11) is 0. The van der Waals surface area contributed by atoms with E-state index in [0.717, 1.165) is 12.8 Å². The lowest BCUT2D eigenvalue weighted by atomic mass is 9.84. The summed E-state index contributed by atoms with van der Waals surface area (Å²) in [5, 5.41) is 0. The largest absolute Gasteiger partial charge is 0.235 e. The fourth-order valence-electron chi connectivity index (χ4n) is 3.28. The number of hydrogen-bond donors (Lipinski definition) is 3. The number of benzene rings is 2. The van der Waals surface area contributed by atoms with E-state index in [9.17, 15) is 0 Å². The summed E-state index contributed by atoms with van der Waals surface area (Å²) in [4.78, 5) is 0. The smallest absolute Gasteiger partial charge is 0.0686 e. The molecule has 96 valence electrons. The Morgan fingerprint density at radius 3 is 1.68 bits per heavy atom. The van der Waals surface area contributed by atoms with Crippen LogP contribution in [0.15, 0.2) is 48.5 Å². The molecule has 0 amide bonds. The minimum Gasteiger partial charge on any atom is -0.235 e. The highest BCUT2D eigenvalue weighted by atomic mass is 15.7. The fraction of sp³-hybridized carbons (Fsp3) is 0.250. The molecule has 3 heteroatoms. The van der Waals surface area contributed by atoms with E-state index < -0.39 is 0 Å². The van der Waals surface area contributed by atoms with Crippen LogP contribution in [0.2, 0.25) is 0 Å². The first-order valence-electron chi connectivity index (χ1n) is 6.85. The maximum atomic E-state index is 3.36. The number of nitrogens with one attached hydrogen (secondary N) is 3. The minimum atomic E-state index is 0.289. The summed E-state index contributed by atoms with van der Waals surface area (Å²) >= 11 is 0. The number of fused-ring (bicyclic) bond motifs is 5. The van der Waals surface area contributed by atoms with E-state index in [1.54, 1.807) is 0 Å². The highest BCUT2D eigenvalue weighted by Gasteiger charge is 2.33. The van der Waals surface area contributed by atoms with Crippen molar-refractivity contribution in [1.29, 1.82) is 0 Å². The maximum absolute atomic E-state index is 3.36. The number of hydrogen-bond acceptors (Lipinski definition) is 3. The van der Waals surface area contributed by atoms with Gasteiger partial charge in [0, 0.05) is 0 Å². The Hall–Kier alpha value is -1.68. The van der Waals surface area contributed by atoms with Crippen LogP contribution in [0.4, 0.5) is 0 Å². The molecule has 0 spiro atoms. The van der Waals surface area contributed by atoms with E-state index >= 15 is 0 Å². The van der Waals surface area contributed by atoms with Crippen molar-refractivity contribution in [3.05, 3.63) is 70.8 Å². The zero-order valence-electron chi connectivity index (χ0n) is 10.7. The van der Waals surface area contributed by atoms with Crippen molar-refractivity contribution in [2.24, 2.45) is 0 Å². The van der Waals surface area contributed by atoms with Gasteiger partial charge in [-0.25, -0.2) is 10.9 Å². The second-order valence-electron chi connectivity index (χ2n) is 5.27. The molecular weight excluding hydrogens is 234 g/mol. The number of rotatable bonds is 0. The molecule has 0 aromatic heterocycles. The van der Waals surface area contributed by atoms with Gasteiger partial charge in [-0.2, -0.15) is 5.53 Å². The third-order valence-corrected chi connectivity index (χ3v) is 4.23. The average Bonchev–Trinajstić information content (AvgIpc) is 2.92. The van der Waals surface area contributed by atoms with Crippen molar-refractivity contribution in [2.45, 2.75) is 24.9 Å². The zero-order valence-corrected chi connectivity index (χ0v) is 10.7. The first-order valence-corrected chi connectivity index (χ1v) is 6.85. The van der Waals surface area contributed by atoms with Gasteiger partial charge in [0.15, 0.2) is 0 Å². The van der Waals surface area contributed by atoms with Crippen molar-refractivity contribution in [1.82, 2.24) is 16.4 Å². The van der Waals surface area contributed by atoms with E-state index in [2.05, 4.69) is 64.9 Å². The van der Waals surface area contributed by atoms with Gasteiger partial charge >= 0.3 is 0 Å². The molecule has 3 N–H and O–H groups in total. The van der Waals surface area contributed by atoms with Gasteiger partial charge in [0.1, 0.15) is 0 Å². The molecule has 2 atom stereocenters. The quantitative estimate of drug-likeness (QED) is 0.671. The molecule has 19 heavy (non-hydrogen) atoms. The number of hydrazine groups is 2. The summed E-state index contributed by atoms with van der Waals surface area (Å²) in [6, 6.07) is 18.1. The fourth-order valence-corrected chi connectivity index (χ4v) is 3.28. The van der Waals surface area contributed by atoms with Gasteiger partial charge in [-0.05, 0) is 35.1 Å². The Bertz CT molecular complexity index is 555. The maximum Gasteiger partial charge on any atom is 0.0686 e. The first-order chi connectivity index (χ1) is 9.43. The van der Waals surface area contributed by atoms with E-state index in [0.29, 0.717) is 0 Å². The van der Waals surface area contributed by atoms with E-state index in [-0.39, 0.29) is 12.1 Å². The Kier molecular flexibility index (Phi) is 2.62. The van der Waals surface area contributed by atoms with Gasteiger partial charge in [-0.3, -0.25) is 0 Å². The van der Waals surface area contributed by atoms with E-state index in [1.165, 1.54) is 22.3 Å². The van der Waals surface area contributed by atoms with Crippen LogP contribution in [0.5, 0.6) is 0 Å².